The molecule has 0 atom stereocenters. The van der Waals surface area contributed by atoms with Gasteiger partial charge >= 0.3 is 0 Å². The fourth-order valence-corrected chi connectivity index (χ4v) is 1.83. The number of carbonyl (C=O) groups is 1. The standard InChI is InChI=1S/C15H24N2O2/c1-12-5-6-14(13(2)11-12)17-15(18)7-9-16-8-4-10-19-3/h5-6,11,16H,4,7-10H2,1-3H3,(H,17,18). The second kappa shape index (κ2) is 8.67. The molecule has 0 unspecified atom stereocenters. The average Bonchev–Trinajstić information content (AvgIpc) is 2.37. The summed E-state index contributed by atoms with van der Waals surface area (Å²) in [4.78, 5) is 11.8. The minimum Gasteiger partial charge on any atom is -0.385 e. The molecule has 0 heterocycles. The summed E-state index contributed by atoms with van der Waals surface area (Å²) in [5, 5.41) is 6.16. The molecule has 0 fully saturated rings. The van der Waals surface area contributed by atoms with Crippen LogP contribution in [0.3, 0.4) is 0 Å². The van der Waals surface area contributed by atoms with Crippen LogP contribution >= 0.6 is 0 Å². The Labute approximate surface area is 115 Å². The molecular weight excluding hydrogens is 240 g/mol. The average molecular weight is 264 g/mol. The third-order valence-electron chi connectivity index (χ3n) is 2.89. The van der Waals surface area contributed by atoms with E-state index in [-0.39, 0.29) is 5.91 Å². The van der Waals surface area contributed by atoms with Crippen molar-refractivity contribution in [3.8, 4) is 0 Å². The summed E-state index contributed by atoms with van der Waals surface area (Å²) < 4.78 is 4.95. The molecule has 4 heteroatoms. The molecule has 106 valence electrons. The largest absolute Gasteiger partial charge is 0.385 e. The molecule has 2 N–H and O–H groups in total. The van der Waals surface area contributed by atoms with Gasteiger partial charge in [0.15, 0.2) is 0 Å². The van der Waals surface area contributed by atoms with Crippen LogP contribution in [0.5, 0.6) is 0 Å². The number of nitrogens with one attached hydrogen (secondary N) is 2. The number of benzene rings is 1. The third-order valence-corrected chi connectivity index (χ3v) is 2.89. The molecule has 1 aromatic rings. The maximum absolute atomic E-state index is 11.8. The molecule has 0 aromatic heterocycles. The second-order valence-electron chi connectivity index (χ2n) is 4.71. The van der Waals surface area contributed by atoms with Crippen LogP contribution in [-0.2, 0) is 9.53 Å². The van der Waals surface area contributed by atoms with Crippen molar-refractivity contribution in [1.82, 2.24) is 5.32 Å². The highest BCUT2D eigenvalue weighted by molar-refractivity contribution is 5.91. The first-order valence-electron chi connectivity index (χ1n) is 6.70. The normalized spacial score (nSPS) is 10.5. The maximum Gasteiger partial charge on any atom is 0.225 e. The first kappa shape index (κ1) is 15.7. The molecule has 0 saturated heterocycles. The van der Waals surface area contributed by atoms with Gasteiger partial charge < -0.3 is 15.4 Å². The predicted octanol–water partition coefficient (Wildman–Crippen LogP) is 2.26. The van der Waals surface area contributed by atoms with E-state index in [1.807, 2.05) is 26.0 Å². The number of methoxy groups -OCH3 is 1. The van der Waals surface area contributed by atoms with Gasteiger partial charge in [0.05, 0.1) is 0 Å². The van der Waals surface area contributed by atoms with Crippen LogP contribution in [0.2, 0.25) is 0 Å². The van der Waals surface area contributed by atoms with Gasteiger partial charge in [-0.1, -0.05) is 17.7 Å². The van der Waals surface area contributed by atoms with E-state index in [0.29, 0.717) is 13.0 Å². The Morgan fingerprint density at radius 3 is 2.74 bits per heavy atom. The van der Waals surface area contributed by atoms with Gasteiger partial charge in [-0.15, -0.1) is 0 Å². The second-order valence-corrected chi connectivity index (χ2v) is 4.71. The molecular formula is C15H24N2O2. The molecule has 0 spiro atoms. The van der Waals surface area contributed by atoms with E-state index in [4.69, 9.17) is 4.74 Å². The summed E-state index contributed by atoms with van der Waals surface area (Å²) in [6, 6.07) is 6.03. The minimum absolute atomic E-state index is 0.0474. The zero-order valence-electron chi connectivity index (χ0n) is 12.1. The van der Waals surface area contributed by atoms with Gasteiger partial charge in [-0.3, -0.25) is 4.79 Å². The highest BCUT2D eigenvalue weighted by Gasteiger charge is 2.04. The molecule has 0 aliphatic rings. The molecule has 1 rings (SSSR count). The third kappa shape index (κ3) is 6.36. The highest BCUT2D eigenvalue weighted by Crippen LogP contribution is 2.15. The van der Waals surface area contributed by atoms with E-state index in [2.05, 4.69) is 16.7 Å². The van der Waals surface area contributed by atoms with Crippen molar-refractivity contribution in [3.63, 3.8) is 0 Å². The van der Waals surface area contributed by atoms with Crippen molar-refractivity contribution < 1.29 is 9.53 Å². The molecule has 0 bridgehead atoms. The molecule has 1 amide bonds. The Morgan fingerprint density at radius 2 is 2.05 bits per heavy atom. The van der Waals surface area contributed by atoms with E-state index in [1.165, 1.54) is 5.56 Å². The number of amides is 1. The quantitative estimate of drug-likeness (QED) is 0.708. The lowest BCUT2D eigenvalue weighted by atomic mass is 10.1. The first-order chi connectivity index (χ1) is 9.13. The van der Waals surface area contributed by atoms with Crippen LogP contribution in [0, 0.1) is 13.8 Å². The highest BCUT2D eigenvalue weighted by atomic mass is 16.5. The maximum atomic E-state index is 11.8. The van der Waals surface area contributed by atoms with Crippen molar-refractivity contribution in [2.24, 2.45) is 0 Å². The Hall–Kier alpha value is -1.39. The zero-order chi connectivity index (χ0) is 14.1. The number of rotatable bonds is 8. The number of carbonyl (C=O) groups excluding carboxylic acids is 1. The van der Waals surface area contributed by atoms with E-state index in [9.17, 15) is 4.79 Å². The molecule has 0 aliphatic heterocycles. The Balaban J connectivity index is 2.23. The summed E-state index contributed by atoms with van der Waals surface area (Å²) in [5.74, 6) is 0.0474. The van der Waals surface area contributed by atoms with Crippen LogP contribution in [-0.4, -0.2) is 32.7 Å². The van der Waals surface area contributed by atoms with Crippen molar-refractivity contribution in [1.29, 1.82) is 0 Å². The summed E-state index contributed by atoms with van der Waals surface area (Å²) in [6.07, 6.45) is 1.45. The molecule has 0 radical (unpaired) electrons. The summed E-state index contributed by atoms with van der Waals surface area (Å²) in [6.45, 7) is 6.38. The lowest BCUT2D eigenvalue weighted by Crippen LogP contribution is -2.23. The van der Waals surface area contributed by atoms with Crippen molar-refractivity contribution in [2.75, 3.05) is 32.1 Å². The van der Waals surface area contributed by atoms with Crippen LogP contribution < -0.4 is 10.6 Å². The van der Waals surface area contributed by atoms with Gasteiger partial charge in [0.1, 0.15) is 0 Å². The van der Waals surface area contributed by atoms with Crippen LogP contribution in [0.1, 0.15) is 24.0 Å². The Bertz CT molecular complexity index is 405. The van der Waals surface area contributed by atoms with Gasteiger partial charge in [-0.05, 0) is 38.4 Å². The minimum atomic E-state index is 0.0474. The van der Waals surface area contributed by atoms with Gasteiger partial charge in [0, 0.05) is 32.4 Å². The number of hydrogen-bond donors (Lipinski definition) is 2. The number of hydrogen-bond acceptors (Lipinski definition) is 3. The SMILES string of the molecule is COCCCNCCC(=O)Nc1ccc(C)cc1C. The molecule has 0 saturated carbocycles. The molecule has 0 aliphatic carbocycles. The van der Waals surface area contributed by atoms with Crippen molar-refractivity contribution in [2.45, 2.75) is 26.7 Å². The zero-order valence-corrected chi connectivity index (χ0v) is 12.1. The lowest BCUT2D eigenvalue weighted by molar-refractivity contribution is -0.116. The first-order valence-corrected chi connectivity index (χ1v) is 6.70. The van der Waals surface area contributed by atoms with Gasteiger partial charge in [0.2, 0.25) is 5.91 Å². The topological polar surface area (TPSA) is 50.4 Å². The van der Waals surface area contributed by atoms with Crippen LogP contribution in [0.25, 0.3) is 0 Å². The van der Waals surface area contributed by atoms with Gasteiger partial charge in [-0.25, -0.2) is 0 Å². The fraction of sp³-hybridized carbons (Fsp3) is 0.533. The lowest BCUT2D eigenvalue weighted by Gasteiger charge is -2.09. The number of aryl methyl sites for hydroxylation is 2. The van der Waals surface area contributed by atoms with Crippen molar-refractivity contribution >= 4 is 11.6 Å². The van der Waals surface area contributed by atoms with Gasteiger partial charge in [0.25, 0.3) is 0 Å². The fourth-order valence-electron chi connectivity index (χ4n) is 1.83. The molecule has 19 heavy (non-hydrogen) atoms. The van der Waals surface area contributed by atoms with Crippen molar-refractivity contribution in [3.05, 3.63) is 29.3 Å². The van der Waals surface area contributed by atoms with E-state index in [0.717, 1.165) is 30.8 Å². The Kier molecular flexibility index (Phi) is 7.15. The van der Waals surface area contributed by atoms with Crippen LogP contribution in [0.4, 0.5) is 5.69 Å². The van der Waals surface area contributed by atoms with Crippen LogP contribution in [0.15, 0.2) is 18.2 Å². The summed E-state index contributed by atoms with van der Waals surface area (Å²) >= 11 is 0. The summed E-state index contributed by atoms with van der Waals surface area (Å²) in [7, 11) is 1.69. The van der Waals surface area contributed by atoms with E-state index >= 15 is 0 Å². The monoisotopic (exact) mass is 264 g/mol. The Morgan fingerprint density at radius 1 is 1.26 bits per heavy atom. The molecule has 4 nitrogen and oxygen atoms in total. The number of ether oxygens (including phenoxy) is 1. The predicted molar refractivity (Wildman–Crippen MR) is 78.5 cm³/mol. The number of anilines is 1. The van der Waals surface area contributed by atoms with E-state index in [1.54, 1.807) is 7.11 Å². The van der Waals surface area contributed by atoms with E-state index < -0.39 is 0 Å². The van der Waals surface area contributed by atoms with Gasteiger partial charge in [-0.2, -0.15) is 0 Å². The molecule has 1 aromatic carbocycles. The summed E-state index contributed by atoms with van der Waals surface area (Å²) in [5.41, 5.74) is 3.20. The smallest absolute Gasteiger partial charge is 0.225 e.